The number of nitrogen functional groups attached to an aromatic ring is 1. The Morgan fingerprint density at radius 3 is 2.58 bits per heavy atom. The van der Waals surface area contributed by atoms with E-state index in [-0.39, 0.29) is 6.09 Å². The van der Waals surface area contributed by atoms with Gasteiger partial charge in [-0.15, -0.1) is 11.3 Å². The molecule has 1 aromatic rings. The van der Waals surface area contributed by atoms with Crippen molar-refractivity contribution in [3.8, 4) is 0 Å². The van der Waals surface area contributed by atoms with Gasteiger partial charge >= 0.3 is 6.09 Å². The zero-order valence-corrected chi connectivity index (χ0v) is 12.5. The summed E-state index contributed by atoms with van der Waals surface area (Å²) in [4.78, 5) is 18.0. The van der Waals surface area contributed by atoms with Crippen LogP contribution in [-0.2, 0) is 4.74 Å². The molecule has 0 atom stereocenters. The molecule has 0 aliphatic carbocycles. The lowest BCUT2D eigenvalue weighted by Gasteiger charge is -2.32. The summed E-state index contributed by atoms with van der Waals surface area (Å²) in [6.07, 6.45) is 3.34. The molecule has 106 valence electrons. The first-order valence-corrected chi connectivity index (χ1v) is 7.36. The second-order valence-corrected chi connectivity index (χ2v) is 6.94. The molecule has 0 aromatic carbocycles. The number of hydrogen-bond acceptors (Lipinski definition) is 5. The van der Waals surface area contributed by atoms with Crippen molar-refractivity contribution < 1.29 is 9.53 Å². The molecule has 2 N–H and O–H groups in total. The third-order valence-corrected chi connectivity index (χ3v) is 4.03. The summed E-state index contributed by atoms with van der Waals surface area (Å²) in [6, 6.07) is 0. The number of piperidine rings is 1. The molecule has 0 bridgehead atoms. The van der Waals surface area contributed by atoms with E-state index in [4.69, 9.17) is 10.5 Å². The fourth-order valence-corrected chi connectivity index (χ4v) is 2.98. The molecule has 0 unspecified atom stereocenters. The lowest BCUT2D eigenvalue weighted by atomic mass is 9.98. The number of hydrogen-bond donors (Lipinski definition) is 1. The zero-order chi connectivity index (χ0) is 14.0. The number of ether oxygens (including phenoxy) is 1. The molecule has 5 nitrogen and oxygen atoms in total. The van der Waals surface area contributed by atoms with E-state index in [0.29, 0.717) is 5.92 Å². The van der Waals surface area contributed by atoms with Crippen LogP contribution in [0.15, 0.2) is 6.20 Å². The van der Waals surface area contributed by atoms with E-state index >= 15 is 0 Å². The van der Waals surface area contributed by atoms with Gasteiger partial charge in [0.2, 0.25) is 0 Å². The molecular formula is C13H21N3O2S. The maximum absolute atomic E-state index is 11.9. The molecule has 6 heteroatoms. The van der Waals surface area contributed by atoms with Crippen LogP contribution in [0.3, 0.4) is 0 Å². The van der Waals surface area contributed by atoms with Crippen molar-refractivity contribution in [3.63, 3.8) is 0 Å². The Labute approximate surface area is 117 Å². The average molecular weight is 283 g/mol. The molecule has 1 amide bonds. The van der Waals surface area contributed by atoms with Crippen LogP contribution in [-0.4, -0.2) is 34.7 Å². The molecule has 2 rings (SSSR count). The molecule has 1 saturated heterocycles. The van der Waals surface area contributed by atoms with Gasteiger partial charge in [0, 0.05) is 19.0 Å². The first-order valence-electron chi connectivity index (χ1n) is 6.54. The monoisotopic (exact) mass is 283 g/mol. The fraction of sp³-hybridized carbons (Fsp3) is 0.692. The van der Waals surface area contributed by atoms with E-state index in [0.717, 1.165) is 35.9 Å². The third kappa shape index (κ3) is 3.83. The first kappa shape index (κ1) is 14.1. The molecule has 0 saturated carbocycles. The smallest absolute Gasteiger partial charge is 0.410 e. The van der Waals surface area contributed by atoms with Gasteiger partial charge in [-0.2, -0.15) is 0 Å². The number of amides is 1. The molecule has 0 radical (unpaired) electrons. The summed E-state index contributed by atoms with van der Waals surface area (Å²) in [5.74, 6) is 0.418. The number of carbonyl (C=O) groups is 1. The van der Waals surface area contributed by atoms with Gasteiger partial charge in [-0.1, -0.05) is 0 Å². The van der Waals surface area contributed by atoms with Gasteiger partial charge in [-0.3, -0.25) is 0 Å². The summed E-state index contributed by atoms with van der Waals surface area (Å²) < 4.78 is 5.38. The van der Waals surface area contributed by atoms with Crippen molar-refractivity contribution in [2.45, 2.75) is 45.1 Å². The molecule has 19 heavy (non-hydrogen) atoms. The topological polar surface area (TPSA) is 68.5 Å². The van der Waals surface area contributed by atoms with E-state index in [1.807, 2.05) is 20.8 Å². The number of likely N-dealkylation sites (tertiary alicyclic amines) is 1. The number of carbonyl (C=O) groups excluding carboxylic acids is 1. The minimum atomic E-state index is -0.433. The van der Waals surface area contributed by atoms with Crippen molar-refractivity contribution in [2.24, 2.45) is 0 Å². The molecule has 0 spiro atoms. The fourth-order valence-electron chi connectivity index (χ4n) is 2.12. The van der Waals surface area contributed by atoms with E-state index in [1.54, 1.807) is 22.4 Å². The molecule has 2 heterocycles. The lowest BCUT2D eigenvalue weighted by molar-refractivity contribution is 0.0205. The van der Waals surface area contributed by atoms with Gasteiger partial charge in [0.05, 0.1) is 11.2 Å². The van der Waals surface area contributed by atoms with Crippen molar-refractivity contribution in [1.82, 2.24) is 9.88 Å². The number of nitrogens with zero attached hydrogens (tertiary/aromatic N) is 2. The second kappa shape index (κ2) is 5.36. The van der Waals surface area contributed by atoms with Crippen LogP contribution in [0.4, 0.5) is 9.80 Å². The van der Waals surface area contributed by atoms with Crippen LogP contribution in [0.1, 0.15) is 44.5 Å². The summed E-state index contributed by atoms with van der Waals surface area (Å²) in [5.41, 5.74) is 5.27. The molecule has 1 aliphatic rings. The Balaban J connectivity index is 1.87. The number of rotatable bonds is 1. The molecule has 1 aliphatic heterocycles. The quantitative estimate of drug-likeness (QED) is 0.860. The van der Waals surface area contributed by atoms with Crippen LogP contribution in [0, 0.1) is 0 Å². The van der Waals surface area contributed by atoms with Crippen LogP contribution in [0.25, 0.3) is 0 Å². The maximum atomic E-state index is 11.9. The van der Waals surface area contributed by atoms with Gasteiger partial charge in [0.15, 0.2) is 0 Å². The lowest BCUT2D eigenvalue weighted by Crippen LogP contribution is -2.41. The van der Waals surface area contributed by atoms with Crippen molar-refractivity contribution in [2.75, 3.05) is 18.8 Å². The predicted molar refractivity (Wildman–Crippen MR) is 76.3 cm³/mol. The second-order valence-electron chi connectivity index (χ2n) is 5.84. The standard InChI is InChI=1S/C13H21N3O2S/c1-13(2,3)18-12(17)16-6-4-9(5-7-16)11-15-8-10(14)19-11/h8-9H,4-7,14H2,1-3H3. The summed E-state index contributed by atoms with van der Waals surface area (Å²) in [7, 11) is 0. The summed E-state index contributed by atoms with van der Waals surface area (Å²) >= 11 is 1.55. The summed E-state index contributed by atoms with van der Waals surface area (Å²) in [6.45, 7) is 7.10. The van der Waals surface area contributed by atoms with Crippen LogP contribution >= 0.6 is 11.3 Å². The summed E-state index contributed by atoms with van der Waals surface area (Å²) in [5, 5.41) is 1.84. The first-order chi connectivity index (χ1) is 8.85. The predicted octanol–water partition coefficient (Wildman–Crippen LogP) is 2.84. The van der Waals surface area contributed by atoms with Gasteiger partial charge < -0.3 is 15.4 Å². The largest absolute Gasteiger partial charge is 0.444 e. The Bertz CT molecular complexity index is 445. The van der Waals surface area contributed by atoms with Crippen LogP contribution < -0.4 is 5.73 Å². The van der Waals surface area contributed by atoms with Gasteiger partial charge in [0.1, 0.15) is 10.6 Å². The van der Waals surface area contributed by atoms with Crippen molar-refractivity contribution in [3.05, 3.63) is 11.2 Å². The van der Waals surface area contributed by atoms with Gasteiger partial charge in [0.25, 0.3) is 0 Å². The highest BCUT2D eigenvalue weighted by molar-refractivity contribution is 7.15. The van der Waals surface area contributed by atoms with Gasteiger partial charge in [-0.05, 0) is 33.6 Å². The highest BCUT2D eigenvalue weighted by Crippen LogP contribution is 2.32. The number of nitrogens with two attached hydrogens (primary N) is 1. The number of anilines is 1. The van der Waals surface area contributed by atoms with Crippen molar-refractivity contribution >= 4 is 22.4 Å². The average Bonchev–Trinajstić information content (AvgIpc) is 2.74. The SMILES string of the molecule is CC(C)(C)OC(=O)N1CCC(c2ncc(N)s2)CC1. The minimum absolute atomic E-state index is 0.218. The van der Waals surface area contributed by atoms with Crippen LogP contribution in [0.5, 0.6) is 0 Å². The highest BCUT2D eigenvalue weighted by Gasteiger charge is 2.28. The Kier molecular flexibility index (Phi) is 3.99. The van der Waals surface area contributed by atoms with E-state index in [1.165, 1.54) is 0 Å². The Morgan fingerprint density at radius 2 is 2.11 bits per heavy atom. The Hall–Kier alpha value is -1.30. The zero-order valence-electron chi connectivity index (χ0n) is 11.7. The normalized spacial score (nSPS) is 17.5. The van der Waals surface area contributed by atoms with Gasteiger partial charge in [-0.25, -0.2) is 9.78 Å². The Morgan fingerprint density at radius 1 is 1.47 bits per heavy atom. The van der Waals surface area contributed by atoms with Crippen LogP contribution in [0.2, 0.25) is 0 Å². The highest BCUT2D eigenvalue weighted by atomic mass is 32.1. The van der Waals surface area contributed by atoms with E-state index in [9.17, 15) is 4.79 Å². The number of thiazole rings is 1. The molecular weight excluding hydrogens is 262 g/mol. The maximum Gasteiger partial charge on any atom is 0.410 e. The van der Waals surface area contributed by atoms with E-state index < -0.39 is 5.60 Å². The van der Waals surface area contributed by atoms with Crippen molar-refractivity contribution in [1.29, 1.82) is 0 Å². The minimum Gasteiger partial charge on any atom is -0.444 e. The third-order valence-electron chi connectivity index (χ3n) is 3.04. The number of aromatic nitrogens is 1. The van der Waals surface area contributed by atoms with E-state index in [2.05, 4.69) is 4.98 Å². The molecule has 1 fully saturated rings. The molecule has 1 aromatic heterocycles.